The van der Waals surface area contributed by atoms with Gasteiger partial charge < -0.3 is 29.6 Å². The van der Waals surface area contributed by atoms with Crippen LogP contribution in [0.3, 0.4) is 0 Å². The molecule has 1 atom stereocenters. The third kappa shape index (κ3) is 6.42. The Morgan fingerprint density at radius 1 is 1.04 bits per heavy atom. The highest BCUT2D eigenvalue weighted by molar-refractivity contribution is 9.10. The molecular weight excluding hydrogens is 683 g/mol. The van der Waals surface area contributed by atoms with E-state index in [1.165, 1.54) is 0 Å². The molecule has 3 aromatic heterocycles. The first kappa shape index (κ1) is 31.5. The molecule has 5 heterocycles. The molecule has 0 amide bonds. The van der Waals surface area contributed by atoms with Crippen molar-refractivity contribution < 1.29 is 14.0 Å². The molecule has 2 N–H and O–H groups in total. The predicted octanol–water partition coefficient (Wildman–Crippen LogP) is 4.85. The van der Waals surface area contributed by atoms with E-state index in [9.17, 15) is 4.57 Å². The van der Waals surface area contributed by atoms with Gasteiger partial charge in [0, 0.05) is 80.9 Å². The Labute approximate surface area is 281 Å². The molecule has 0 spiro atoms. The molecule has 0 radical (unpaired) electrons. The van der Waals surface area contributed by atoms with Gasteiger partial charge in [0.1, 0.15) is 24.2 Å². The molecule has 244 valence electrons. The van der Waals surface area contributed by atoms with E-state index in [1.54, 1.807) is 43.7 Å². The molecule has 2 saturated heterocycles. The fourth-order valence-corrected chi connectivity index (χ4v) is 7.97. The highest BCUT2D eigenvalue weighted by Crippen LogP contribution is 2.43. The van der Waals surface area contributed by atoms with Crippen molar-refractivity contribution in [2.45, 2.75) is 6.04 Å². The van der Waals surface area contributed by atoms with Gasteiger partial charge in [-0.3, -0.25) is 19.5 Å². The summed E-state index contributed by atoms with van der Waals surface area (Å²) < 4.78 is 27.6. The minimum absolute atomic E-state index is 0.342. The summed E-state index contributed by atoms with van der Waals surface area (Å²) in [4.78, 5) is 23.2. The van der Waals surface area contributed by atoms with E-state index in [2.05, 4.69) is 68.5 Å². The number of aromatic nitrogens is 6. The van der Waals surface area contributed by atoms with Crippen molar-refractivity contribution in [1.82, 2.24) is 34.6 Å². The summed E-state index contributed by atoms with van der Waals surface area (Å²) in [5.41, 5.74) is 5.70. The Kier molecular flexibility index (Phi) is 8.60. The molecular formula is C32H36BrN10O3P. The highest BCUT2D eigenvalue weighted by atomic mass is 79.9. The Balaban J connectivity index is 1.24. The lowest BCUT2D eigenvalue weighted by molar-refractivity contribution is -0.0116. The first-order valence-corrected chi connectivity index (χ1v) is 18.7. The fourth-order valence-electron chi connectivity index (χ4n) is 6.29. The number of aryl methyl sites for hydroxylation is 1. The van der Waals surface area contributed by atoms with Gasteiger partial charge >= 0.3 is 0 Å². The Bertz CT molecular complexity index is 2000. The quantitative estimate of drug-likeness (QED) is 0.213. The van der Waals surface area contributed by atoms with E-state index in [0.717, 1.165) is 56.2 Å². The van der Waals surface area contributed by atoms with Gasteiger partial charge in [0.2, 0.25) is 5.95 Å². The van der Waals surface area contributed by atoms with Crippen molar-refractivity contribution in [3.8, 4) is 16.9 Å². The Morgan fingerprint density at radius 2 is 1.89 bits per heavy atom. The lowest BCUT2D eigenvalue weighted by atomic mass is 10.0. The number of methoxy groups -OCH3 is 1. The monoisotopic (exact) mass is 718 g/mol. The van der Waals surface area contributed by atoms with Gasteiger partial charge in [-0.05, 0) is 47.5 Å². The second-order valence-electron chi connectivity index (χ2n) is 12.1. The summed E-state index contributed by atoms with van der Waals surface area (Å²) in [6, 6.07) is 8.19. The minimum atomic E-state index is -2.76. The van der Waals surface area contributed by atoms with Crippen LogP contribution in [0.5, 0.6) is 5.75 Å². The smallest absolute Gasteiger partial charge is 0.229 e. The van der Waals surface area contributed by atoms with E-state index in [0.29, 0.717) is 55.7 Å². The van der Waals surface area contributed by atoms with Gasteiger partial charge in [-0.2, -0.15) is 10.1 Å². The number of benzene rings is 2. The molecule has 0 aliphatic carbocycles. The van der Waals surface area contributed by atoms with Gasteiger partial charge in [-0.15, -0.1) is 0 Å². The summed E-state index contributed by atoms with van der Waals surface area (Å²) in [5, 5.41) is 11.8. The van der Waals surface area contributed by atoms with Crippen molar-refractivity contribution in [1.29, 1.82) is 0 Å². The third-order valence-electron chi connectivity index (χ3n) is 8.51. The number of nitrogens with zero attached hydrogens (tertiary/aromatic N) is 8. The fraction of sp³-hybridized carbons (Fsp3) is 0.344. The van der Waals surface area contributed by atoms with Crippen LogP contribution in [0.1, 0.15) is 0 Å². The number of anilines is 5. The summed E-state index contributed by atoms with van der Waals surface area (Å²) in [6.45, 7) is 8.67. The van der Waals surface area contributed by atoms with Crippen LogP contribution in [0.4, 0.5) is 28.8 Å². The standard InChI is InChI=1S/C32H36BrN10O3P/c1-41-17-20(15-37-41)22-13-26(28(45-2)14-27(22)43-10-9-42-11-12-46-19-21(42)18-43)39-32-36-16-23(33)31(40-32)38-25-6-5-24-29(35-8-7-34-24)30(25)47(3,4)44/h5-8,13-17,21H,9-12,18-19H2,1-4H3,(H2,36,38,39,40). The average Bonchev–Trinajstić information content (AvgIpc) is 3.51. The maximum atomic E-state index is 13.5. The van der Waals surface area contributed by atoms with Crippen LogP contribution in [0.25, 0.3) is 22.2 Å². The van der Waals surface area contributed by atoms with E-state index in [-0.39, 0.29) is 0 Å². The van der Waals surface area contributed by atoms with Gasteiger partial charge in [0.15, 0.2) is 0 Å². The maximum absolute atomic E-state index is 13.5. The van der Waals surface area contributed by atoms with Crippen LogP contribution in [0.2, 0.25) is 0 Å². The van der Waals surface area contributed by atoms with Crippen LogP contribution in [-0.2, 0) is 16.3 Å². The second kappa shape index (κ2) is 12.8. The number of fused-ring (bicyclic) bond motifs is 2. The molecule has 7 rings (SSSR count). The molecule has 0 saturated carbocycles. The van der Waals surface area contributed by atoms with Crippen molar-refractivity contribution in [3.05, 3.63) is 59.7 Å². The van der Waals surface area contributed by atoms with Gasteiger partial charge in [-0.1, -0.05) is 0 Å². The van der Waals surface area contributed by atoms with Gasteiger partial charge in [-0.25, -0.2) is 4.98 Å². The number of rotatable bonds is 8. The predicted molar refractivity (Wildman–Crippen MR) is 189 cm³/mol. The summed E-state index contributed by atoms with van der Waals surface area (Å²) in [6.07, 6.45) is 8.79. The number of nitrogens with one attached hydrogen (secondary N) is 2. The Morgan fingerprint density at radius 3 is 2.68 bits per heavy atom. The molecule has 1 unspecified atom stereocenters. The van der Waals surface area contributed by atoms with Gasteiger partial charge in [0.05, 0.1) is 59.2 Å². The average molecular weight is 720 g/mol. The minimum Gasteiger partial charge on any atom is -0.494 e. The van der Waals surface area contributed by atoms with Crippen LogP contribution >= 0.6 is 23.1 Å². The largest absolute Gasteiger partial charge is 0.494 e. The van der Waals surface area contributed by atoms with E-state index in [4.69, 9.17) is 14.5 Å². The molecule has 5 aromatic rings. The summed E-state index contributed by atoms with van der Waals surface area (Å²) >= 11 is 3.58. The number of ether oxygens (including phenoxy) is 2. The zero-order chi connectivity index (χ0) is 32.7. The molecule has 15 heteroatoms. The molecule has 47 heavy (non-hydrogen) atoms. The number of morpholine rings is 1. The zero-order valence-corrected chi connectivity index (χ0v) is 29.1. The maximum Gasteiger partial charge on any atom is 0.229 e. The van der Waals surface area contributed by atoms with Crippen LogP contribution in [0, 0.1) is 0 Å². The van der Waals surface area contributed by atoms with E-state index >= 15 is 0 Å². The number of halogens is 1. The van der Waals surface area contributed by atoms with E-state index in [1.807, 2.05) is 31.6 Å². The van der Waals surface area contributed by atoms with Crippen LogP contribution in [-0.4, -0.2) is 100 Å². The number of hydrogen-bond acceptors (Lipinski definition) is 12. The molecule has 0 bridgehead atoms. The van der Waals surface area contributed by atoms with Crippen molar-refractivity contribution in [3.63, 3.8) is 0 Å². The lowest BCUT2D eigenvalue weighted by Gasteiger charge is -2.45. The molecule has 2 aliphatic heterocycles. The third-order valence-corrected chi connectivity index (χ3v) is 10.6. The molecule has 13 nitrogen and oxygen atoms in total. The SMILES string of the molecule is COc1cc(N2CCN3CCOCC3C2)c(-c2cnn(C)c2)cc1Nc1ncc(Br)c(Nc2ccc3nccnc3c2P(C)(C)=O)n1. The van der Waals surface area contributed by atoms with Gasteiger partial charge in [0.25, 0.3) is 0 Å². The van der Waals surface area contributed by atoms with E-state index < -0.39 is 7.14 Å². The van der Waals surface area contributed by atoms with Crippen LogP contribution < -0.4 is 25.6 Å². The summed E-state index contributed by atoms with van der Waals surface area (Å²) in [7, 11) is 0.810. The first-order chi connectivity index (χ1) is 22.7. The molecule has 2 aromatic carbocycles. The summed E-state index contributed by atoms with van der Waals surface area (Å²) in [5.74, 6) is 1.51. The first-order valence-electron chi connectivity index (χ1n) is 15.3. The van der Waals surface area contributed by atoms with Crippen molar-refractivity contribution in [2.24, 2.45) is 7.05 Å². The second-order valence-corrected chi connectivity index (χ2v) is 16.1. The zero-order valence-electron chi connectivity index (χ0n) is 26.6. The van der Waals surface area contributed by atoms with Crippen molar-refractivity contribution >= 4 is 68.2 Å². The number of hydrogen-bond donors (Lipinski definition) is 2. The Hall–Kier alpha value is -4.10. The normalized spacial score (nSPS) is 17.0. The highest BCUT2D eigenvalue weighted by Gasteiger charge is 2.31. The van der Waals surface area contributed by atoms with Crippen molar-refractivity contribution in [2.75, 3.05) is 75.4 Å². The lowest BCUT2D eigenvalue weighted by Crippen LogP contribution is -2.58. The topological polar surface area (TPSA) is 135 Å². The molecule has 2 fully saturated rings. The molecule has 2 aliphatic rings. The van der Waals surface area contributed by atoms with Crippen LogP contribution in [0.15, 0.2) is 59.7 Å². The number of piperazine rings is 1.